The van der Waals surface area contributed by atoms with Crippen LogP contribution in [0, 0.1) is 0 Å². The SMILES string of the molecule is Nc1ccc(Cl)c(C(=O)c2c[nH]c3cc(Cl)cc(Cl)c23)c1. The number of carbonyl (C=O) groups is 1. The van der Waals surface area contributed by atoms with Crippen molar-refractivity contribution in [3.8, 4) is 0 Å². The zero-order valence-corrected chi connectivity index (χ0v) is 12.9. The number of benzene rings is 2. The van der Waals surface area contributed by atoms with Crippen LogP contribution < -0.4 is 5.73 Å². The Hall–Kier alpha value is -1.68. The Labute approximate surface area is 135 Å². The highest BCUT2D eigenvalue weighted by Gasteiger charge is 2.19. The standard InChI is InChI=1S/C15H9Cl3N2O/c16-7-3-12(18)14-10(6-20-13(14)4-7)15(21)9-5-8(19)1-2-11(9)17/h1-6,20H,19H2. The van der Waals surface area contributed by atoms with Crippen LogP contribution in [0.1, 0.15) is 15.9 Å². The van der Waals surface area contributed by atoms with Crippen LogP contribution in [0.15, 0.2) is 36.5 Å². The minimum Gasteiger partial charge on any atom is -0.399 e. The van der Waals surface area contributed by atoms with E-state index in [0.29, 0.717) is 42.8 Å². The first-order chi connectivity index (χ1) is 9.97. The van der Waals surface area contributed by atoms with Gasteiger partial charge in [0.1, 0.15) is 0 Å². The van der Waals surface area contributed by atoms with Gasteiger partial charge in [-0.1, -0.05) is 34.8 Å². The molecule has 0 amide bonds. The van der Waals surface area contributed by atoms with Gasteiger partial charge in [0, 0.05) is 38.9 Å². The average Bonchev–Trinajstić information content (AvgIpc) is 2.84. The van der Waals surface area contributed by atoms with Crippen molar-refractivity contribution in [2.45, 2.75) is 0 Å². The molecule has 3 aromatic rings. The number of carbonyl (C=O) groups excluding carboxylic acids is 1. The van der Waals surface area contributed by atoms with Crippen molar-refractivity contribution in [3.63, 3.8) is 0 Å². The summed E-state index contributed by atoms with van der Waals surface area (Å²) in [5, 5.41) is 1.86. The summed E-state index contributed by atoms with van der Waals surface area (Å²) in [5.41, 5.74) is 7.65. The molecular weight excluding hydrogens is 331 g/mol. The smallest absolute Gasteiger partial charge is 0.196 e. The van der Waals surface area contributed by atoms with Gasteiger partial charge in [0.25, 0.3) is 0 Å². The predicted octanol–water partition coefficient (Wildman–Crippen LogP) is 4.94. The average molecular weight is 340 g/mol. The first kappa shape index (κ1) is 14.3. The van der Waals surface area contributed by atoms with Gasteiger partial charge < -0.3 is 10.7 Å². The highest BCUT2D eigenvalue weighted by atomic mass is 35.5. The molecule has 3 rings (SSSR count). The molecule has 1 heterocycles. The number of fused-ring (bicyclic) bond motifs is 1. The lowest BCUT2D eigenvalue weighted by Gasteiger charge is -2.05. The maximum atomic E-state index is 12.7. The Morgan fingerprint density at radius 2 is 1.76 bits per heavy atom. The number of rotatable bonds is 2. The van der Waals surface area contributed by atoms with Crippen molar-refractivity contribution >= 4 is 57.2 Å². The molecule has 0 aliphatic heterocycles. The molecule has 3 nitrogen and oxygen atoms in total. The maximum Gasteiger partial charge on any atom is 0.196 e. The lowest BCUT2D eigenvalue weighted by Crippen LogP contribution is -2.02. The van der Waals surface area contributed by atoms with Crippen LogP contribution in [0.5, 0.6) is 0 Å². The van der Waals surface area contributed by atoms with E-state index in [2.05, 4.69) is 4.98 Å². The highest BCUT2D eigenvalue weighted by molar-refractivity contribution is 6.41. The van der Waals surface area contributed by atoms with Crippen LogP contribution in [0.25, 0.3) is 10.9 Å². The van der Waals surface area contributed by atoms with E-state index >= 15 is 0 Å². The van der Waals surface area contributed by atoms with E-state index in [-0.39, 0.29) is 5.78 Å². The van der Waals surface area contributed by atoms with Crippen LogP contribution in [-0.4, -0.2) is 10.8 Å². The molecule has 3 N–H and O–H groups in total. The monoisotopic (exact) mass is 338 g/mol. The van der Waals surface area contributed by atoms with Gasteiger partial charge in [-0.15, -0.1) is 0 Å². The molecule has 0 bridgehead atoms. The Bertz CT molecular complexity index is 871. The van der Waals surface area contributed by atoms with Crippen molar-refractivity contribution in [3.05, 3.63) is 62.7 Å². The molecule has 2 aromatic carbocycles. The summed E-state index contributed by atoms with van der Waals surface area (Å²) < 4.78 is 0. The fraction of sp³-hybridized carbons (Fsp3) is 0. The van der Waals surface area contributed by atoms with Gasteiger partial charge in [-0.3, -0.25) is 4.79 Å². The van der Waals surface area contributed by atoms with Gasteiger partial charge in [0.05, 0.1) is 10.0 Å². The van der Waals surface area contributed by atoms with Gasteiger partial charge in [0.15, 0.2) is 5.78 Å². The zero-order valence-electron chi connectivity index (χ0n) is 10.6. The molecule has 106 valence electrons. The van der Waals surface area contributed by atoms with Gasteiger partial charge >= 0.3 is 0 Å². The van der Waals surface area contributed by atoms with Gasteiger partial charge in [0.2, 0.25) is 0 Å². The number of hydrogen-bond donors (Lipinski definition) is 2. The van der Waals surface area contributed by atoms with E-state index < -0.39 is 0 Å². The zero-order chi connectivity index (χ0) is 15.1. The van der Waals surface area contributed by atoms with E-state index in [9.17, 15) is 4.79 Å². The molecule has 0 saturated heterocycles. The first-order valence-electron chi connectivity index (χ1n) is 6.03. The quantitative estimate of drug-likeness (QED) is 0.513. The number of halogens is 3. The first-order valence-corrected chi connectivity index (χ1v) is 7.16. The number of hydrogen-bond acceptors (Lipinski definition) is 2. The molecule has 0 aliphatic rings. The largest absolute Gasteiger partial charge is 0.399 e. The Morgan fingerprint density at radius 3 is 2.52 bits per heavy atom. The minimum atomic E-state index is -0.247. The number of nitrogens with two attached hydrogens (primary N) is 1. The molecule has 21 heavy (non-hydrogen) atoms. The van der Waals surface area contributed by atoms with E-state index in [1.54, 1.807) is 36.5 Å². The summed E-state index contributed by atoms with van der Waals surface area (Å²) in [4.78, 5) is 15.7. The Balaban J connectivity index is 2.21. The van der Waals surface area contributed by atoms with E-state index in [1.165, 1.54) is 0 Å². The van der Waals surface area contributed by atoms with E-state index in [1.807, 2.05) is 0 Å². The lowest BCUT2D eigenvalue weighted by molar-refractivity contribution is 0.104. The number of nitrogens with one attached hydrogen (secondary N) is 1. The molecule has 0 unspecified atom stereocenters. The summed E-state index contributed by atoms with van der Waals surface area (Å²) >= 11 is 18.2. The molecular formula is C15H9Cl3N2O. The van der Waals surface area contributed by atoms with Crippen LogP contribution in [0.4, 0.5) is 5.69 Å². The van der Waals surface area contributed by atoms with Crippen molar-refractivity contribution in [2.75, 3.05) is 5.73 Å². The van der Waals surface area contributed by atoms with Crippen molar-refractivity contribution in [1.82, 2.24) is 4.98 Å². The molecule has 6 heteroatoms. The second-order valence-electron chi connectivity index (χ2n) is 4.58. The van der Waals surface area contributed by atoms with Crippen LogP contribution in [0.2, 0.25) is 15.1 Å². The molecule has 0 fully saturated rings. The lowest BCUT2D eigenvalue weighted by atomic mass is 10.0. The highest BCUT2D eigenvalue weighted by Crippen LogP contribution is 2.32. The predicted molar refractivity (Wildman–Crippen MR) is 87.6 cm³/mol. The summed E-state index contributed by atoms with van der Waals surface area (Å²) in [6.45, 7) is 0. The fourth-order valence-corrected chi connectivity index (χ4v) is 3.02. The summed E-state index contributed by atoms with van der Waals surface area (Å²) in [6, 6.07) is 8.09. The number of nitrogen functional groups attached to an aromatic ring is 1. The Morgan fingerprint density at radius 1 is 1.00 bits per heavy atom. The fourth-order valence-electron chi connectivity index (χ4n) is 2.22. The second-order valence-corrected chi connectivity index (χ2v) is 5.83. The number of aromatic nitrogens is 1. The van der Waals surface area contributed by atoms with Crippen molar-refractivity contribution in [1.29, 1.82) is 0 Å². The number of H-pyrrole nitrogens is 1. The third-order valence-electron chi connectivity index (χ3n) is 3.18. The van der Waals surface area contributed by atoms with Crippen molar-refractivity contribution < 1.29 is 4.79 Å². The Kier molecular flexibility index (Phi) is 3.57. The molecule has 1 aromatic heterocycles. The van der Waals surface area contributed by atoms with Gasteiger partial charge in [-0.25, -0.2) is 0 Å². The molecule has 0 atom stereocenters. The third-order valence-corrected chi connectivity index (χ3v) is 4.02. The molecule has 0 spiro atoms. The summed E-state index contributed by atoms with van der Waals surface area (Å²) in [5.74, 6) is -0.247. The maximum absolute atomic E-state index is 12.7. The van der Waals surface area contributed by atoms with Crippen molar-refractivity contribution in [2.24, 2.45) is 0 Å². The second kappa shape index (κ2) is 5.26. The van der Waals surface area contributed by atoms with E-state index in [0.717, 1.165) is 0 Å². The van der Waals surface area contributed by atoms with Crippen LogP contribution >= 0.6 is 34.8 Å². The number of anilines is 1. The van der Waals surface area contributed by atoms with Gasteiger partial charge in [-0.05, 0) is 30.3 Å². The summed E-state index contributed by atoms with van der Waals surface area (Å²) in [7, 11) is 0. The normalized spacial score (nSPS) is 11.0. The molecule has 0 saturated carbocycles. The third kappa shape index (κ3) is 2.48. The number of aromatic amines is 1. The molecule has 0 radical (unpaired) electrons. The van der Waals surface area contributed by atoms with E-state index in [4.69, 9.17) is 40.5 Å². The van der Waals surface area contributed by atoms with Crippen LogP contribution in [-0.2, 0) is 0 Å². The number of ketones is 1. The topological polar surface area (TPSA) is 58.9 Å². The molecule has 0 aliphatic carbocycles. The van der Waals surface area contributed by atoms with Crippen LogP contribution in [0.3, 0.4) is 0 Å². The minimum absolute atomic E-state index is 0.247. The van der Waals surface area contributed by atoms with Gasteiger partial charge in [-0.2, -0.15) is 0 Å². The summed E-state index contributed by atoms with van der Waals surface area (Å²) in [6.07, 6.45) is 1.59.